The van der Waals surface area contributed by atoms with Gasteiger partial charge in [-0.25, -0.2) is 0 Å². The monoisotopic (exact) mass is 207 g/mol. The number of aryl methyl sites for hydroxylation is 1. The molecule has 0 aliphatic carbocycles. The minimum Gasteiger partial charge on any atom is -0.472 e. The largest absolute Gasteiger partial charge is 0.472 e. The smallest absolute Gasteiger partial charge is 0.0935 e. The molecular formula is C11H13NOS. The van der Waals surface area contributed by atoms with Crippen LogP contribution in [0.25, 0.3) is 0 Å². The zero-order valence-electron chi connectivity index (χ0n) is 8.07. The lowest BCUT2D eigenvalue weighted by Gasteiger charge is -2.09. The highest BCUT2D eigenvalue weighted by atomic mass is 32.1. The molecule has 0 bridgehead atoms. The van der Waals surface area contributed by atoms with Gasteiger partial charge in [0.05, 0.1) is 12.5 Å². The Balaban J connectivity index is 2.10. The zero-order valence-corrected chi connectivity index (χ0v) is 8.88. The second-order valence-corrected chi connectivity index (χ2v) is 4.36. The summed E-state index contributed by atoms with van der Waals surface area (Å²) in [5, 5.41) is 2.08. The van der Waals surface area contributed by atoms with E-state index in [9.17, 15) is 0 Å². The Hall–Kier alpha value is -1.06. The number of furan rings is 1. The van der Waals surface area contributed by atoms with Crippen molar-refractivity contribution in [3.05, 3.63) is 46.0 Å². The molecule has 0 saturated heterocycles. The number of nitrogens with two attached hydrogens (primary N) is 1. The van der Waals surface area contributed by atoms with E-state index in [-0.39, 0.29) is 6.04 Å². The lowest BCUT2D eigenvalue weighted by molar-refractivity contribution is 0.561. The molecule has 0 aliphatic rings. The van der Waals surface area contributed by atoms with Crippen LogP contribution in [-0.2, 0) is 6.42 Å². The third kappa shape index (κ3) is 1.89. The Bertz CT molecular complexity index is 391. The maximum atomic E-state index is 6.10. The average Bonchev–Trinajstić information content (AvgIpc) is 2.75. The van der Waals surface area contributed by atoms with Crippen molar-refractivity contribution >= 4 is 11.3 Å². The average molecular weight is 207 g/mol. The van der Waals surface area contributed by atoms with Gasteiger partial charge in [-0.3, -0.25) is 0 Å². The van der Waals surface area contributed by atoms with Crippen LogP contribution in [0, 0.1) is 6.92 Å². The van der Waals surface area contributed by atoms with Gasteiger partial charge in [0.25, 0.3) is 0 Å². The molecule has 1 unspecified atom stereocenters. The highest BCUT2D eigenvalue weighted by molar-refractivity contribution is 7.10. The molecule has 0 amide bonds. The number of thiophene rings is 1. The third-order valence-electron chi connectivity index (χ3n) is 2.27. The van der Waals surface area contributed by atoms with E-state index in [1.165, 1.54) is 10.4 Å². The standard InChI is InChI=1S/C11H13NOS/c1-8-3-5-14-11(8)10(12)6-9-2-4-13-7-9/h2-5,7,10H,6,12H2,1H3. The number of hydrogen-bond acceptors (Lipinski definition) is 3. The molecule has 2 N–H and O–H groups in total. The minimum atomic E-state index is 0.0904. The van der Waals surface area contributed by atoms with Gasteiger partial charge in [-0.1, -0.05) is 0 Å². The van der Waals surface area contributed by atoms with E-state index in [4.69, 9.17) is 10.2 Å². The van der Waals surface area contributed by atoms with Gasteiger partial charge in [0.1, 0.15) is 0 Å². The number of rotatable bonds is 3. The fraction of sp³-hybridized carbons (Fsp3) is 0.273. The molecule has 2 rings (SSSR count). The first kappa shape index (κ1) is 9.49. The Labute approximate surface area is 87.4 Å². The Morgan fingerprint density at radius 3 is 2.93 bits per heavy atom. The lowest BCUT2D eigenvalue weighted by Crippen LogP contribution is -2.12. The van der Waals surface area contributed by atoms with E-state index >= 15 is 0 Å². The summed E-state index contributed by atoms with van der Waals surface area (Å²) in [6, 6.07) is 4.16. The van der Waals surface area contributed by atoms with Crippen LogP contribution >= 0.6 is 11.3 Å². The van der Waals surface area contributed by atoms with Crippen molar-refractivity contribution in [3.63, 3.8) is 0 Å². The molecule has 14 heavy (non-hydrogen) atoms. The molecule has 0 radical (unpaired) electrons. The van der Waals surface area contributed by atoms with Gasteiger partial charge >= 0.3 is 0 Å². The van der Waals surface area contributed by atoms with Crippen molar-refractivity contribution in [1.29, 1.82) is 0 Å². The van der Waals surface area contributed by atoms with E-state index in [2.05, 4.69) is 18.4 Å². The molecule has 2 heterocycles. The molecule has 0 saturated carbocycles. The van der Waals surface area contributed by atoms with Gasteiger partial charge in [-0.05, 0) is 42.0 Å². The summed E-state index contributed by atoms with van der Waals surface area (Å²) in [5.74, 6) is 0. The zero-order chi connectivity index (χ0) is 9.97. The van der Waals surface area contributed by atoms with E-state index in [0.717, 1.165) is 12.0 Å². The first-order chi connectivity index (χ1) is 6.77. The number of hydrogen-bond donors (Lipinski definition) is 1. The maximum absolute atomic E-state index is 6.10. The van der Waals surface area contributed by atoms with E-state index in [0.29, 0.717) is 0 Å². The second kappa shape index (κ2) is 3.98. The van der Waals surface area contributed by atoms with Crippen LogP contribution in [0.2, 0.25) is 0 Å². The van der Waals surface area contributed by atoms with Gasteiger partial charge in [-0.15, -0.1) is 11.3 Å². The van der Waals surface area contributed by atoms with Crippen LogP contribution in [0.15, 0.2) is 34.5 Å². The summed E-state index contributed by atoms with van der Waals surface area (Å²) in [6.45, 7) is 2.10. The van der Waals surface area contributed by atoms with E-state index in [1.54, 1.807) is 23.9 Å². The molecule has 74 valence electrons. The molecule has 0 fully saturated rings. The van der Waals surface area contributed by atoms with Crippen molar-refractivity contribution in [2.75, 3.05) is 0 Å². The summed E-state index contributed by atoms with van der Waals surface area (Å²) >= 11 is 1.72. The first-order valence-electron chi connectivity index (χ1n) is 4.58. The lowest BCUT2D eigenvalue weighted by atomic mass is 10.1. The summed E-state index contributed by atoms with van der Waals surface area (Å²) in [7, 11) is 0. The highest BCUT2D eigenvalue weighted by Crippen LogP contribution is 2.24. The Morgan fingerprint density at radius 2 is 2.36 bits per heavy atom. The van der Waals surface area contributed by atoms with E-state index in [1.807, 2.05) is 6.07 Å². The molecular weight excluding hydrogens is 194 g/mol. The molecule has 0 aliphatic heterocycles. The fourth-order valence-electron chi connectivity index (χ4n) is 1.52. The molecule has 2 nitrogen and oxygen atoms in total. The van der Waals surface area contributed by atoms with Gasteiger partial charge in [0.15, 0.2) is 0 Å². The maximum Gasteiger partial charge on any atom is 0.0935 e. The predicted octanol–water partition coefficient (Wildman–Crippen LogP) is 2.89. The summed E-state index contributed by atoms with van der Waals surface area (Å²) in [6.07, 6.45) is 4.28. The van der Waals surface area contributed by atoms with Gasteiger partial charge in [0, 0.05) is 10.9 Å². The predicted molar refractivity (Wildman–Crippen MR) is 58.4 cm³/mol. The quantitative estimate of drug-likeness (QED) is 0.840. The highest BCUT2D eigenvalue weighted by Gasteiger charge is 2.11. The molecule has 3 heteroatoms. The van der Waals surface area contributed by atoms with Crippen LogP contribution in [0.1, 0.15) is 22.0 Å². The molecule has 0 spiro atoms. The van der Waals surface area contributed by atoms with Crippen molar-refractivity contribution in [3.8, 4) is 0 Å². The summed E-state index contributed by atoms with van der Waals surface area (Å²) in [5.41, 5.74) is 8.54. The minimum absolute atomic E-state index is 0.0904. The molecule has 0 aromatic carbocycles. The molecule has 2 aromatic heterocycles. The van der Waals surface area contributed by atoms with Gasteiger partial charge < -0.3 is 10.2 Å². The Morgan fingerprint density at radius 1 is 1.50 bits per heavy atom. The summed E-state index contributed by atoms with van der Waals surface area (Å²) in [4.78, 5) is 1.27. The first-order valence-corrected chi connectivity index (χ1v) is 5.46. The van der Waals surface area contributed by atoms with Crippen LogP contribution < -0.4 is 5.73 Å². The fourth-order valence-corrected chi connectivity index (χ4v) is 2.45. The van der Waals surface area contributed by atoms with Crippen LogP contribution in [0.3, 0.4) is 0 Å². The van der Waals surface area contributed by atoms with E-state index < -0.39 is 0 Å². The van der Waals surface area contributed by atoms with Crippen LogP contribution in [0.4, 0.5) is 0 Å². The molecule has 1 atom stereocenters. The third-order valence-corrected chi connectivity index (χ3v) is 3.43. The molecule has 2 aromatic rings. The van der Waals surface area contributed by atoms with Crippen molar-refractivity contribution in [1.82, 2.24) is 0 Å². The topological polar surface area (TPSA) is 39.2 Å². The summed E-state index contributed by atoms with van der Waals surface area (Å²) < 4.78 is 5.01. The van der Waals surface area contributed by atoms with Crippen LogP contribution in [0.5, 0.6) is 0 Å². The second-order valence-electron chi connectivity index (χ2n) is 3.41. The van der Waals surface area contributed by atoms with Crippen molar-refractivity contribution in [2.45, 2.75) is 19.4 Å². The SMILES string of the molecule is Cc1ccsc1C(N)Cc1ccoc1. The van der Waals surface area contributed by atoms with Gasteiger partial charge in [0.2, 0.25) is 0 Å². The normalized spacial score (nSPS) is 13.0. The van der Waals surface area contributed by atoms with Crippen molar-refractivity contribution in [2.24, 2.45) is 5.73 Å². The van der Waals surface area contributed by atoms with Crippen molar-refractivity contribution < 1.29 is 4.42 Å². The van der Waals surface area contributed by atoms with Crippen LogP contribution in [-0.4, -0.2) is 0 Å². The Kier molecular flexibility index (Phi) is 2.70. The van der Waals surface area contributed by atoms with Gasteiger partial charge in [-0.2, -0.15) is 0 Å².